The molecule has 4 heteroatoms. The van der Waals surface area contributed by atoms with Crippen molar-refractivity contribution in [3.05, 3.63) is 158 Å². The van der Waals surface area contributed by atoms with Crippen LogP contribution in [0.2, 0.25) is 0 Å². The van der Waals surface area contributed by atoms with Gasteiger partial charge in [-0.15, -0.1) is 0 Å². The molecule has 0 radical (unpaired) electrons. The molecular formula is C42H26N2OSe. The molecule has 10 rings (SSSR count). The smallest absolute Gasteiger partial charge is 0.0602 e. The first-order valence-electron chi connectivity index (χ1n) is 15.5. The van der Waals surface area contributed by atoms with Crippen LogP contribution in [0.5, 0.6) is 0 Å². The molecule has 0 aliphatic rings. The van der Waals surface area contributed by atoms with Crippen LogP contribution in [0.25, 0.3) is 68.7 Å². The fraction of sp³-hybridized carbons (Fsp3) is 0. The Kier molecular flexibility index (Phi) is 5.59. The second-order valence-electron chi connectivity index (χ2n) is 11.8. The summed E-state index contributed by atoms with van der Waals surface area (Å²) in [6.07, 6.45) is 0. The molecule has 0 saturated heterocycles. The Bertz CT molecular complexity index is 2770. The predicted molar refractivity (Wildman–Crippen MR) is 195 cm³/mol. The zero-order valence-electron chi connectivity index (χ0n) is 24.7. The SMILES string of the molecule is c1ccc(-n2c3ccccc3c3cc(N(c4ccc5[se]c6ccccc6c5c4)c4cccc5c4oc4ccccc45)ccc32)cc1. The summed E-state index contributed by atoms with van der Waals surface area (Å²) in [5.41, 5.74) is 8.56. The first-order chi connectivity index (χ1) is 22.8. The van der Waals surface area contributed by atoms with Gasteiger partial charge in [-0.1, -0.05) is 18.2 Å². The minimum absolute atomic E-state index is 0.312. The number of hydrogen-bond acceptors (Lipinski definition) is 2. The van der Waals surface area contributed by atoms with Gasteiger partial charge in [0.15, 0.2) is 0 Å². The molecule has 216 valence electrons. The third kappa shape index (κ3) is 3.78. The zero-order valence-corrected chi connectivity index (χ0v) is 26.4. The molecule has 0 bridgehead atoms. The van der Waals surface area contributed by atoms with E-state index in [1.54, 1.807) is 0 Å². The molecular weight excluding hydrogens is 627 g/mol. The molecule has 10 aromatic rings. The number of hydrogen-bond donors (Lipinski definition) is 0. The Morgan fingerprint density at radius 3 is 2.00 bits per heavy atom. The van der Waals surface area contributed by atoms with Crippen LogP contribution in [-0.2, 0) is 0 Å². The number of nitrogens with zero attached hydrogens (tertiary/aromatic N) is 2. The summed E-state index contributed by atoms with van der Waals surface area (Å²) >= 11 is 0.312. The van der Waals surface area contributed by atoms with E-state index in [1.807, 2.05) is 6.07 Å². The Morgan fingerprint density at radius 1 is 0.457 bits per heavy atom. The number of rotatable bonds is 4. The monoisotopic (exact) mass is 654 g/mol. The van der Waals surface area contributed by atoms with Crippen LogP contribution in [-0.4, -0.2) is 19.1 Å². The van der Waals surface area contributed by atoms with Crippen LogP contribution >= 0.6 is 0 Å². The normalized spacial score (nSPS) is 11.9. The van der Waals surface area contributed by atoms with Crippen molar-refractivity contribution in [2.45, 2.75) is 0 Å². The van der Waals surface area contributed by atoms with E-state index < -0.39 is 0 Å². The van der Waals surface area contributed by atoms with Gasteiger partial charge in [-0.2, -0.15) is 0 Å². The first kappa shape index (κ1) is 25.8. The van der Waals surface area contributed by atoms with Crippen molar-refractivity contribution in [3.8, 4) is 5.69 Å². The average Bonchev–Trinajstić information content (AvgIpc) is 3.78. The molecule has 0 fully saturated rings. The predicted octanol–water partition coefficient (Wildman–Crippen LogP) is 11.5. The summed E-state index contributed by atoms with van der Waals surface area (Å²) in [6, 6.07) is 56.9. The van der Waals surface area contributed by atoms with Gasteiger partial charge in [0.25, 0.3) is 0 Å². The Morgan fingerprint density at radius 2 is 1.11 bits per heavy atom. The molecule has 0 unspecified atom stereocenters. The summed E-state index contributed by atoms with van der Waals surface area (Å²) in [7, 11) is 0. The van der Waals surface area contributed by atoms with Gasteiger partial charge < -0.3 is 0 Å². The number of fused-ring (bicyclic) bond motifs is 9. The van der Waals surface area contributed by atoms with Gasteiger partial charge in [-0.3, -0.25) is 0 Å². The molecule has 0 aliphatic heterocycles. The third-order valence-corrected chi connectivity index (χ3v) is 11.6. The number of para-hydroxylation sites is 4. The summed E-state index contributed by atoms with van der Waals surface area (Å²) in [5.74, 6) is 0. The average molecular weight is 654 g/mol. The van der Waals surface area contributed by atoms with Crippen LogP contribution in [0.4, 0.5) is 17.1 Å². The second-order valence-corrected chi connectivity index (χ2v) is 14.0. The van der Waals surface area contributed by atoms with E-state index in [-0.39, 0.29) is 0 Å². The fourth-order valence-corrected chi connectivity index (χ4v) is 9.42. The van der Waals surface area contributed by atoms with Crippen molar-refractivity contribution < 1.29 is 4.42 Å². The Hall–Kier alpha value is -5.54. The summed E-state index contributed by atoms with van der Waals surface area (Å²) in [5, 5.41) is 7.38. The minimum atomic E-state index is 0.312. The number of furan rings is 1. The first-order valence-corrected chi connectivity index (χ1v) is 17.2. The molecule has 7 aromatic carbocycles. The van der Waals surface area contributed by atoms with Crippen molar-refractivity contribution in [3.63, 3.8) is 0 Å². The summed E-state index contributed by atoms with van der Waals surface area (Å²) in [4.78, 5) is 2.38. The van der Waals surface area contributed by atoms with Crippen molar-refractivity contribution in [1.29, 1.82) is 0 Å². The van der Waals surface area contributed by atoms with Crippen LogP contribution in [0.3, 0.4) is 0 Å². The fourth-order valence-electron chi connectivity index (χ4n) is 7.14. The minimum Gasteiger partial charge on any atom is -0.0602 e. The van der Waals surface area contributed by atoms with E-state index in [9.17, 15) is 0 Å². The van der Waals surface area contributed by atoms with Gasteiger partial charge in [-0.25, -0.2) is 0 Å². The summed E-state index contributed by atoms with van der Waals surface area (Å²) in [6.45, 7) is 0. The molecule has 0 saturated carbocycles. The van der Waals surface area contributed by atoms with Crippen LogP contribution < -0.4 is 4.90 Å². The quantitative estimate of drug-likeness (QED) is 0.176. The van der Waals surface area contributed by atoms with E-state index in [2.05, 4.69) is 161 Å². The molecule has 46 heavy (non-hydrogen) atoms. The second kappa shape index (κ2) is 9.98. The van der Waals surface area contributed by atoms with Crippen LogP contribution in [0.15, 0.2) is 162 Å². The topological polar surface area (TPSA) is 21.3 Å². The van der Waals surface area contributed by atoms with Crippen molar-refractivity contribution in [2.75, 3.05) is 4.90 Å². The molecule has 3 aromatic heterocycles. The van der Waals surface area contributed by atoms with E-state index in [4.69, 9.17) is 4.42 Å². The number of aromatic nitrogens is 1. The van der Waals surface area contributed by atoms with E-state index in [0.29, 0.717) is 14.5 Å². The Labute approximate surface area is 270 Å². The van der Waals surface area contributed by atoms with Gasteiger partial charge >= 0.3 is 254 Å². The van der Waals surface area contributed by atoms with Crippen molar-refractivity contribution in [1.82, 2.24) is 4.57 Å². The van der Waals surface area contributed by atoms with Crippen LogP contribution in [0.1, 0.15) is 0 Å². The van der Waals surface area contributed by atoms with Gasteiger partial charge in [0.1, 0.15) is 0 Å². The number of benzene rings is 7. The maximum absolute atomic E-state index is 6.63. The summed E-state index contributed by atoms with van der Waals surface area (Å²) < 4.78 is 11.9. The molecule has 3 nitrogen and oxygen atoms in total. The van der Waals surface area contributed by atoms with Gasteiger partial charge in [-0.05, 0) is 0 Å². The zero-order chi connectivity index (χ0) is 30.2. The maximum atomic E-state index is 6.63. The van der Waals surface area contributed by atoms with Gasteiger partial charge in [0, 0.05) is 0 Å². The van der Waals surface area contributed by atoms with E-state index >= 15 is 0 Å². The third-order valence-electron chi connectivity index (χ3n) is 9.17. The van der Waals surface area contributed by atoms with E-state index in [0.717, 1.165) is 44.7 Å². The Balaban J connectivity index is 1.27. The van der Waals surface area contributed by atoms with E-state index in [1.165, 1.54) is 41.1 Å². The molecule has 0 spiro atoms. The van der Waals surface area contributed by atoms with Gasteiger partial charge in [0.2, 0.25) is 0 Å². The van der Waals surface area contributed by atoms with Crippen molar-refractivity contribution in [2.24, 2.45) is 0 Å². The molecule has 0 N–H and O–H groups in total. The standard InChI is InChI=1S/C42H26N2OSe/c1-2-11-27(12-3-1)44-36-17-7-4-13-30(36)34-25-28(21-23-37(34)44)43(29-22-24-41-35(26-29)32-15-6-9-20-40(32)46-41)38-18-10-16-33-31-14-5-8-19-39(31)45-42(33)38/h1-26H. The molecule has 0 aliphatic carbocycles. The molecule has 3 heterocycles. The number of anilines is 3. The van der Waals surface area contributed by atoms with Crippen molar-refractivity contribution >= 4 is 94.6 Å². The van der Waals surface area contributed by atoms with Gasteiger partial charge in [0.05, 0.1) is 0 Å². The molecule has 0 atom stereocenters. The molecule has 0 amide bonds. The van der Waals surface area contributed by atoms with Crippen LogP contribution in [0, 0.1) is 0 Å².